The van der Waals surface area contributed by atoms with Gasteiger partial charge in [-0.05, 0) is 35.4 Å². The Morgan fingerprint density at radius 3 is 1.74 bits per heavy atom. The lowest BCUT2D eigenvalue weighted by Gasteiger charge is -2.13. The summed E-state index contributed by atoms with van der Waals surface area (Å²) in [5, 5.41) is 1.04. The second-order valence-electron chi connectivity index (χ2n) is 7.32. The molecule has 1 heterocycles. The zero-order chi connectivity index (χ0) is 21.2. The fourth-order valence-corrected chi connectivity index (χ4v) is 4.30. The second kappa shape index (κ2) is 8.04. The molecule has 152 valence electrons. The van der Waals surface area contributed by atoms with Gasteiger partial charge in [0.05, 0.1) is 30.8 Å². The van der Waals surface area contributed by atoms with Crippen LogP contribution in [0.3, 0.4) is 0 Å². The number of benzene rings is 4. The molecular formula is C28H23NO2. The number of aromatic nitrogens is 1. The molecule has 0 aliphatic rings. The predicted molar refractivity (Wildman–Crippen MR) is 127 cm³/mol. The Balaban J connectivity index is 2.03. The van der Waals surface area contributed by atoms with E-state index >= 15 is 0 Å². The van der Waals surface area contributed by atoms with E-state index in [0.29, 0.717) is 0 Å². The van der Waals surface area contributed by atoms with Crippen LogP contribution in [-0.4, -0.2) is 18.8 Å². The van der Waals surface area contributed by atoms with E-state index in [1.165, 1.54) is 0 Å². The summed E-state index contributed by atoms with van der Waals surface area (Å²) in [5.74, 6) is 1.46. The minimum atomic E-state index is 0.719. The molecule has 3 nitrogen and oxygen atoms in total. The van der Waals surface area contributed by atoms with E-state index in [0.717, 1.165) is 50.5 Å². The van der Waals surface area contributed by atoms with Crippen molar-refractivity contribution in [1.82, 2.24) is 4.57 Å². The molecule has 31 heavy (non-hydrogen) atoms. The van der Waals surface area contributed by atoms with Crippen molar-refractivity contribution in [3.63, 3.8) is 0 Å². The van der Waals surface area contributed by atoms with Crippen LogP contribution in [0.15, 0.2) is 103 Å². The van der Waals surface area contributed by atoms with Crippen molar-refractivity contribution in [3.8, 4) is 39.6 Å². The fourth-order valence-electron chi connectivity index (χ4n) is 4.30. The monoisotopic (exact) mass is 405 g/mol. The summed E-state index contributed by atoms with van der Waals surface area (Å²) in [6.45, 7) is 0. The first kappa shape index (κ1) is 19.0. The van der Waals surface area contributed by atoms with Gasteiger partial charge in [0.2, 0.25) is 0 Å². The van der Waals surface area contributed by atoms with Crippen LogP contribution in [-0.2, 0) is 0 Å². The molecule has 0 atom stereocenters. The maximum atomic E-state index is 5.91. The van der Waals surface area contributed by atoms with Gasteiger partial charge in [-0.15, -0.1) is 0 Å². The third kappa shape index (κ3) is 3.15. The van der Waals surface area contributed by atoms with Crippen molar-refractivity contribution in [2.24, 2.45) is 0 Å². The maximum Gasteiger partial charge on any atom is 0.170 e. The lowest BCUT2D eigenvalue weighted by atomic mass is 9.97. The number of fused-ring (bicyclic) bond motifs is 1. The summed E-state index contributed by atoms with van der Waals surface area (Å²) in [6.07, 6.45) is 0. The molecule has 0 aliphatic carbocycles. The van der Waals surface area contributed by atoms with Gasteiger partial charge in [0.15, 0.2) is 11.5 Å². The average Bonchev–Trinajstić information content (AvgIpc) is 3.20. The molecule has 0 spiro atoms. The van der Waals surface area contributed by atoms with Crippen molar-refractivity contribution in [3.05, 3.63) is 103 Å². The van der Waals surface area contributed by atoms with Crippen LogP contribution in [0.1, 0.15) is 0 Å². The number of methoxy groups -OCH3 is 2. The summed E-state index contributed by atoms with van der Waals surface area (Å²) in [4.78, 5) is 0. The highest BCUT2D eigenvalue weighted by molar-refractivity contribution is 6.09. The van der Waals surface area contributed by atoms with Crippen LogP contribution in [0.5, 0.6) is 11.5 Å². The van der Waals surface area contributed by atoms with Gasteiger partial charge in [-0.2, -0.15) is 0 Å². The minimum absolute atomic E-state index is 0.719. The molecule has 0 radical (unpaired) electrons. The highest BCUT2D eigenvalue weighted by Gasteiger charge is 2.25. The largest absolute Gasteiger partial charge is 0.493 e. The first-order valence-electron chi connectivity index (χ1n) is 10.3. The number of hydrogen-bond donors (Lipinski definition) is 0. The molecule has 0 amide bonds. The van der Waals surface area contributed by atoms with Gasteiger partial charge in [0.1, 0.15) is 0 Å². The van der Waals surface area contributed by atoms with E-state index < -0.39 is 0 Å². The lowest BCUT2D eigenvalue weighted by molar-refractivity contribution is 0.358. The fraction of sp³-hybridized carbons (Fsp3) is 0.0714. The van der Waals surface area contributed by atoms with E-state index in [1.54, 1.807) is 14.2 Å². The highest BCUT2D eigenvalue weighted by Crippen LogP contribution is 2.48. The Morgan fingerprint density at radius 1 is 0.581 bits per heavy atom. The van der Waals surface area contributed by atoms with E-state index in [4.69, 9.17) is 9.47 Å². The molecule has 4 aromatic carbocycles. The number of hydrogen-bond acceptors (Lipinski definition) is 2. The van der Waals surface area contributed by atoms with Crippen molar-refractivity contribution < 1.29 is 9.47 Å². The topological polar surface area (TPSA) is 23.4 Å². The van der Waals surface area contributed by atoms with Gasteiger partial charge >= 0.3 is 0 Å². The smallest absolute Gasteiger partial charge is 0.170 e. The van der Waals surface area contributed by atoms with Gasteiger partial charge < -0.3 is 14.0 Å². The number of ether oxygens (including phenoxy) is 2. The Kier molecular flexibility index (Phi) is 4.93. The third-order valence-corrected chi connectivity index (χ3v) is 5.60. The number of rotatable bonds is 5. The molecular weight excluding hydrogens is 382 g/mol. The zero-order valence-electron chi connectivity index (χ0n) is 17.6. The lowest BCUT2D eigenvalue weighted by Crippen LogP contribution is -1.97. The summed E-state index contributed by atoms with van der Waals surface area (Å²) < 4.78 is 13.9. The summed E-state index contributed by atoms with van der Waals surface area (Å²) in [7, 11) is 3.38. The molecule has 1 aromatic heterocycles. The van der Waals surface area contributed by atoms with Crippen LogP contribution in [0.25, 0.3) is 39.0 Å². The highest BCUT2D eigenvalue weighted by atomic mass is 16.5. The molecule has 5 rings (SSSR count). The van der Waals surface area contributed by atoms with Gasteiger partial charge in [0.25, 0.3) is 0 Å². The van der Waals surface area contributed by atoms with Crippen LogP contribution in [0.2, 0.25) is 0 Å². The quantitative estimate of drug-likeness (QED) is 0.315. The number of para-hydroxylation sites is 1. The van der Waals surface area contributed by atoms with Crippen LogP contribution in [0, 0.1) is 0 Å². The van der Waals surface area contributed by atoms with Gasteiger partial charge in [-0.3, -0.25) is 0 Å². The van der Waals surface area contributed by atoms with Gasteiger partial charge in [0, 0.05) is 11.3 Å². The van der Waals surface area contributed by atoms with Crippen molar-refractivity contribution in [2.45, 2.75) is 0 Å². The van der Waals surface area contributed by atoms with Crippen LogP contribution < -0.4 is 9.47 Å². The Bertz CT molecular complexity index is 1320. The summed E-state index contributed by atoms with van der Waals surface area (Å²) in [6, 6.07) is 35.5. The SMILES string of the molecule is COc1ccc2c(c1OC)c(-c1ccccc1)c(-c1ccccc1)n2-c1ccccc1. The Morgan fingerprint density at radius 2 is 1.16 bits per heavy atom. The Labute approximate surface area is 182 Å². The van der Waals surface area contributed by atoms with Crippen molar-refractivity contribution in [1.29, 1.82) is 0 Å². The van der Waals surface area contributed by atoms with Crippen LogP contribution in [0.4, 0.5) is 0 Å². The standard InChI is InChI=1S/C28H23NO2/c1-30-24-19-18-23-26(28(24)31-2)25(20-12-6-3-7-13-20)27(21-14-8-4-9-15-21)29(23)22-16-10-5-11-17-22/h3-19H,1-2H3. The molecule has 0 aliphatic heterocycles. The van der Waals surface area contributed by atoms with Gasteiger partial charge in [-0.25, -0.2) is 0 Å². The van der Waals surface area contributed by atoms with Crippen molar-refractivity contribution >= 4 is 10.9 Å². The number of nitrogens with zero attached hydrogens (tertiary/aromatic N) is 1. The molecule has 3 heteroatoms. The molecule has 0 unspecified atom stereocenters. The molecule has 0 fully saturated rings. The minimum Gasteiger partial charge on any atom is -0.493 e. The van der Waals surface area contributed by atoms with E-state index in [9.17, 15) is 0 Å². The average molecular weight is 405 g/mol. The second-order valence-corrected chi connectivity index (χ2v) is 7.32. The predicted octanol–water partition coefficient (Wildman–Crippen LogP) is 6.98. The van der Waals surface area contributed by atoms with Gasteiger partial charge in [-0.1, -0.05) is 78.9 Å². The summed E-state index contributed by atoms with van der Waals surface area (Å²) in [5.41, 5.74) is 6.69. The van der Waals surface area contributed by atoms with E-state index in [1.807, 2.05) is 24.3 Å². The first-order valence-corrected chi connectivity index (χ1v) is 10.3. The van der Waals surface area contributed by atoms with Crippen LogP contribution >= 0.6 is 0 Å². The zero-order valence-corrected chi connectivity index (χ0v) is 17.6. The third-order valence-electron chi connectivity index (χ3n) is 5.60. The molecule has 0 saturated heterocycles. The molecule has 0 N–H and O–H groups in total. The molecule has 0 saturated carbocycles. The maximum absolute atomic E-state index is 5.91. The van der Waals surface area contributed by atoms with E-state index in [-0.39, 0.29) is 0 Å². The summed E-state index contributed by atoms with van der Waals surface area (Å²) >= 11 is 0. The van der Waals surface area contributed by atoms with E-state index in [2.05, 4.69) is 83.4 Å². The molecule has 0 bridgehead atoms. The van der Waals surface area contributed by atoms with Crippen molar-refractivity contribution in [2.75, 3.05) is 14.2 Å². The molecule has 5 aromatic rings. The normalized spacial score (nSPS) is 10.9. The first-order chi connectivity index (χ1) is 15.3. The Hall–Kier alpha value is -3.98.